The molecule has 2 heterocycles. The molecule has 0 aliphatic rings. The summed E-state index contributed by atoms with van der Waals surface area (Å²) in [5.41, 5.74) is 5.10. The van der Waals surface area contributed by atoms with Crippen molar-refractivity contribution in [3.63, 3.8) is 0 Å². The summed E-state index contributed by atoms with van der Waals surface area (Å²) in [6, 6.07) is 5.79. The summed E-state index contributed by atoms with van der Waals surface area (Å²) in [5.74, 6) is 1.98. The normalized spacial score (nSPS) is 11.3. The van der Waals surface area contributed by atoms with Gasteiger partial charge in [0.05, 0.1) is 19.9 Å². The van der Waals surface area contributed by atoms with Crippen molar-refractivity contribution in [2.75, 3.05) is 14.2 Å². The molecule has 0 aliphatic carbocycles. The van der Waals surface area contributed by atoms with E-state index in [-0.39, 0.29) is 0 Å². The van der Waals surface area contributed by atoms with Gasteiger partial charge in [-0.2, -0.15) is 0 Å². The topological polar surface area (TPSA) is 48.7 Å². The molecular weight excluding hydrogens is 326 g/mol. The van der Waals surface area contributed by atoms with Crippen LogP contribution >= 0.6 is 0 Å². The maximum atomic E-state index is 5.59. The molecule has 0 amide bonds. The second-order valence-electron chi connectivity index (χ2n) is 6.35. The van der Waals surface area contributed by atoms with Crippen molar-refractivity contribution in [3.05, 3.63) is 42.0 Å². The molecule has 0 radical (unpaired) electrons. The van der Waals surface area contributed by atoms with Gasteiger partial charge in [-0.1, -0.05) is 20.8 Å². The zero-order valence-electron chi connectivity index (χ0n) is 16.2. The molecule has 0 bridgehead atoms. The van der Waals surface area contributed by atoms with Gasteiger partial charge < -0.3 is 13.9 Å². The Labute approximate surface area is 155 Å². The first-order chi connectivity index (χ1) is 12.7. The van der Waals surface area contributed by atoms with Crippen LogP contribution in [0.15, 0.2) is 30.6 Å². The molecule has 138 valence electrons. The minimum Gasteiger partial charge on any atom is -0.497 e. The lowest BCUT2D eigenvalue weighted by Gasteiger charge is -2.15. The van der Waals surface area contributed by atoms with Crippen molar-refractivity contribution in [3.8, 4) is 22.8 Å². The molecule has 3 aromatic rings. The van der Waals surface area contributed by atoms with E-state index >= 15 is 0 Å². The average molecular weight is 353 g/mol. The summed E-state index contributed by atoms with van der Waals surface area (Å²) in [4.78, 5) is 9.59. The van der Waals surface area contributed by atoms with Crippen molar-refractivity contribution >= 4 is 5.65 Å². The van der Waals surface area contributed by atoms with E-state index in [1.807, 2.05) is 30.6 Å². The van der Waals surface area contributed by atoms with Crippen molar-refractivity contribution < 1.29 is 9.47 Å². The Morgan fingerprint density at radius 2 is 1.85 bits per heavy atom. The first kappa shape index (κ1) is 18.2. The predicted molar refractivity (Wildman–Crippen MR) is 104 cm³/mol. The van der Waals surface area contributed by atoms with Gasteiger partial charge in [0.1, 0.15) is 17.2 Å². The number of hydrogen-bond donors (Lipinski definition) is 0. The fourth-order valence-electron chi connectivity index (χ4n) is 3.59. The number of aryl methyl sites for hydroxylation is 1. The predicted octanol–water partition coefficient (Wildman–Crippen LogP) is 4.88. The number of ether oxygens (including phenoxy) is 2. The number of methoxy groups -OCH3 is 2. The summed E-state index contributed by atoms with van der Waals surface area (Å²) in [5, 5.41) is 0. The molecule has 0 fully saturated rings. The van der Waals surface area contributed by atoms with Crippen LogP contribution < -0.4 is 9.47 Å². The third-order valence-corrected chi connectivity index (χ3v) is 5.03. The van der Waals surface area contributed by atoms with Gasteiger partial charge in [0.2, 0.25) is 0 Å². The van der Waals surface area contributed by atoms with E-state index in [0.29, 0.717) is 5.92 Å². The lowest BCUT2D eigenvalue weighted by molar-refractivity contribution is 0.395. The Bertz CT molecular complexity index is 898. The average Bonchev–Trinajstić information content (AvgIpc) is 3.07. The molecular formula is C21H27N3O2. The molecule has 5 heteroatoms. The third-order valence-electron chi connectivity index (χ3n) is 5.03. The van der Waals surface area contributed by atoms with E-state index in [9.17, 15) is 0 Å². The summed E-state index contributed by atoms with van der Waals surface area (Å²) >= 11 is 0. The Kier molecular flexibility index (Phi) is 5.45. The first-order valence-electron chi connectivity index (χ1n) is 9.26. The van der Waals surface area contributed by atoms with E-state index < -0.39 is 0 Å². The molecule has 3 rings (SSSR count). The summed E-state index contributed by atoms with van der Waals surface area (Å²) in [7, 11) is 3.31. The van der Waals surface area contributed by atoms with E-state index in [2.05, 4.69) is 30.2 Å². The van der Waals surface area contributed by atoms with Gasteiger partial charge in [-0.05, 0) is 31.4 Å². The van der Waals surface area contributed by atoms with Crippen LogP contribution in [-0.2, 0) is 6.42 Å². The minimum absolute atomic E-state index is 0.493. The Balaban J connectivity index is 2.26. The van der Waals surface area contributed by atoms with Gasteiger partial charge >= 0.3 is 0 Å². The molecule has 1 aromatic carbocycles. The SMILES string of the molecule is CCc1nc2c(-c3ccc(OC)cc3OC)nccn2c1C(CC)CC. The van der Waals surface area contributed by atoms with E-state index in [0.717, 1.165) is 53.4 Å². The van der Waals surface area contributed by atoms with Crippen LogP contribution in [0, 0.1) is 0 Å². The Morgan fingerprint density at radius 3 is 2.46 bits per heavy atom. The lowest BCUT2D eigenvalue weighted by Crippen LogP contribution is -2.04. The Morgan fingerprint density at radius 1 is 1.08 bits per heavy atom. The van der Waals surface area contributed by atoms with Crippen molar-refractivity contribution in [1.29, 1.82) is 0 Å². The standard InChI is InChI=1S/C21H27N3O2/c1-6-14(7-2)20-17(8-3)23-21-19(22-11-12-24(20)21)16-10-9-15(25-4)13-18(16)26-5/h9-14H,6-8H2,1-5H3. The van der Waals surface area contributed by atoms with Crippen LogP contribution in [0.3, 0.4) is 0 Å². The molecule has 0 N–H and O–H groups in total. The number of hydrogen-bond acceptors (Lipinski definition) is 4. The van der Waals surface area contributed by atoms with Gasteiger partial charge in [0, 0.05) is 35.6 Å². The number of aromatic nitrogens is 3. The Hall–Kier alpha value is -2.56. The van der Waals surface area contributed by atoms with Crippen molar-refractivity contribution in [2.45, 2.75) is 46.0 Å². The number of rotatable bonds is 7. The molecule has 0 aliphatic heterocycles. The van der Waals surface area contributed by atoms with Gasteiger partial charge in [-0.3, -0.25) is 4.98 Å². The van der Waals surface area contributed by atoms with Gasteiger partial charge in [-0.25, -0.2) is 4.98 Å². The second-order valence-corrected chi connectivity index (χ2v) is 6.35. The van der Waals surface area contributed by atoms with Crippen LogP contribution in [0.2, 0.25) is 0 Å². The van der Waals surface area contributed by atoms with Gasteiger partial charge in [0.15, 0.2) is 5.65 Å². The zero-order valence-corrected chi connectivity index (χ0v) is 16.2. The van der Waals surface area contributed by atoms with E-state index in [4.69, 9.17) is 14.5 Å². The molecule has 0 unspecified atom stereocenters. The summed E-state index contributed by atoms with van der Waals surface area (Å²) in [6.07, 6.45) is 6.97. The number of benzene rings is 1. The van der Waals surface area contributed by atoms with Gasteiger partial charge in [0.25, 0.3) is 0 Å². The monoisotopic (exact) mass is 353 g/mol. The highest BCUT2D eigenvalue weighted by molar-refractivity contribution is 5.79. The molecule has 26 heavy (non-hydrogen) atoms. The number of nitrogens with zero attached hydrogens (tertiary/aromatic N) is 3. The minimum atomic E-state index is 0.493. The van der Waals surface area contributed by atoms with Crippen LogP contribution in [0.25, 0.3) is 16.9 Å². The van der Waals surface area contributed by atoms with E-state index in [1.54, 1.807) is 14.2 Å². The smallest absolute Gasteiger partial charge is 0.164 e. The summed E-state index contributed by atoms with van der Waals surface area (Å²) < 4.78 is 13.1. The third kappa shape index (κ3) is 3.02. The quantitative estimate of drug-likeness (QED) is 0.607. The molecule has 0 saturated heterocycles. The highest BCUT2D eigenvalue weighted by Crippen LogP contribution is 2.36. The van der Waals surface area contributed by atoms with Crippen molar-refractivity contribution in [1.82, 2.24) is 14.4 Å². The fraction of sp³-hybridized carbons (Fsp3) is 0.429. The molecule has 5 nitrogen and oxygen atoms in total. The molecule has 0 atom stereocenters. The van der Waals surface area contributed by atoms with Crippen LogP contribution in [0.4, 0.5) is 0 Å². The van der Waals surface area contributed by atoms with Gasteiger partial charge in [-0.15, -0.1) is 0 Å². The van der Waals surface area contributed by atoms with E-state index in [1.165, 1.54) is 5.69 Å². The fourth-order valence-corrected chi connectivity index (χ4v) is 3.59. The van der Waals surface area contributed by atoms with Crippen LogP contribution in [0.1, 0.15) is 50.9 Å². The lowest BCUT2D eigenvalue weighted by atomic mass is 9.97. The molecule has 0 spiro atoms. The van der Waals surface area contributed by atoms with Crippen LogP contribution in [0.5, 0.6) is 11.5 Å². The van der Waals surface area contributed by atoms with Crippen molar-refractivity contribution in [2.24, 2.45) is 0 Å². The van der Waals surface area contributed by atoms with Crippen LogP contribution in [-0.4, -0.2) is 28.6 Å². The number of imidazole rings is 1. The first-order valence-corrected chi connectivity index (χ1v) is 9.26. The molecule has 2 aromatic heterocycles. The highest BCUT2D eigenvalue weighted by Gasteiger charge is 2.21. The number of fused-ring (bicyclic) bond motifs is 1. The molecule has 0 saturated carbocycles. The largest absolute Gasteiger partial charge is 0.497 e. The highest BCUT2D eigenvalue weighted by atomic mass is 16.5. The maximum Gasteiger partial charge on any atom is 0.164 e. The second kappa shape index (κ2) is 7.77. The zero-order chi connectivity index (χ0) is 18.7. The maximum absolute atomic E-state index is 5.59. The summed E-state index contributed by atoms with van der Waals surface area (Å²) in [6.45, 7) is 6.64.